The number of nitrogens with one attached hydrogen (secondary N) is 2. The third-order valence-corrected chi connectivity index (χ3v) is 3.47. The summed E-state index contributed by atoms with van der Waals surface area (Å²) in [4.78, 5) is 18.6. The van der Waals surface area contributed by atoms with Crippen LogP contribution in [0.2, 0.25) is 0 Å². The second-order valence-corrected chi connectivity index (χ2v) is 5.02. The predicted molar refractivity (Wildman–Crippen MR) is 82.6 cm³/mol. The summed E-state index contributed by atoms with van der Waals surface area (Å²) in [5.41, 5.74) is 1.43. The minimum Gasteiger partial charge on any atom is -0.383 e. The highest BCUT2D eigenvalue weighted by Gasteiger charge is 2.12. The average Bonchev–Trinajstić information content (AvgIpc) is 2.53. The number of hydrogen-bond acceptors (Lipinski definition) is 5. The van der Waals surface area contributed by atoms with Gasteiger partial charge in [-0.25, -0.2) is 0 Å². The van der Waals surface area contributed by atoms with E-state index < -0.39 is 0 Å². The fourth-order valence-electron chi connectivity index (χ4n) is 2.35. The Labute approximate surface area is 125 Å². The highest BCUT2D eigenvalue weighted by atomic mass is 16.5. The summed E-state index contributed by atoms with van der Waals surface area (Å²) in [6.45, 7) is 8.06. The minimum absolute atomic E-state index is 0.0460. The van der Waals surface area contributed by atoms with Crippen LogP contribution < -0.4 is 10.6 Å². The van der Waals surface area contributed by atoms with E-state index in [1.54, 1.807) is 18.5 Å². The van der Waals surface area contributed by atoms with Crippen LogP contribution in [0.3, 0.4) is 0 Å². The van der Waals surface area contributed by atoms with Crippen molar-refractivity contribution in [3.8, 4) is 0 Å². The molecule has 1 amide bonds. The standard InChI is InChI=1S/C15H24N4O2/c1-2-17-14-12-16-6-4-13(14)15(20)18-5-3-7-19-8-10-21-11-9-19/h4,6,12,17H,2-3,5,7-11H2,1H3,(H,18,20). The van der Waals surface area contributed by atoms with Crippen molar-refractivity contribution < 1.29 is 9.53 Å². The van der Waals surface area contributed by atoms with Crippen molar-refractivity contribution in [2.24, 2.45) is 0 Å². The number of hydrogen-bond donors (Lipinski definition) is 2. The third-order valence-electron chi connectivity index (χ3n) is 3.47. The third kappa shape index (κ3) is 4.99. The SMILES string of the molecule is CCNc1cnccc1C(=O)NCCCN1CCOCC1. The summed E-state index contributed by atoms with van der Waals surface area (Å²) in [6.07, 6.45) is 4.28. The zero-order valence-electron chi connectivity index (χ0n) is 12.6. The summed E-state index contributed by atoms with van der Waals surface area (Å²) in [6, 6.07) is 1.75. The first-order valence-corrected chi connectivity index (χ1v) is 7.57. The number of morpholine rings is 1. The van der Waals surface area contributed by atoms with Crippen LogP contribution in [0.25, 0.3) is 0 Å². The van der Waals surface area contributed by atoms with Gasteiger partial charge in [-0.2, -0.15) is 0 Å². The molecule has 1 fully saturated rings. The molecule has 116 valence electrons. The van der Waals surface area contributed by atoms with E-state index in [1.807, 2.05) is 6.92 Å². The van der Waals surface area contributed by atoms with Gasteiger partial charge in [0.05, 0.1) is 30.7 Å². The number of aromatic nitrogens is 1. The topological polar surface area (TPSA) is 66.5 Å². The Morgan fingerprint density at radius 3 is 3.00 bits per heavy atom. The number of rotatable bonds is 7. The van der Waals surface area contributed by atoms with Crippen molar-refractivity contribution in [2.75, 3.05) is 51.3 Å². The molecule has 0 spiro atoms. The van der Waals surface area contributed by atoms with Crippen molar-refractivity contribution in [1.29, 1.82) is 0 Å². The van der Waals surface area contributed by atoms with E-state index in [9.17, 15) is 4.79 Å². The zero-order chi connectivity index (χ0) is 14.9. The number of amides is 1. The summed E-state index contributed by atoms with van der Waals surface area (Å²) in [7, 11) is 0. The highest BCUT2D eigenvalue weighted by molar-refractivity contribution is 5.99. The van der Waals surface area contributed by atoms with Gasteiger partial charge in [-0.3, -0.25) is 14.7 Å². The van der Waals surface area contributed by atoms with Gasteiger partial charge in [0, 0.05) is 32.4 Å². The molecule has 0 aromatic carbocycles. The lowest BCUT2D eigenvalue weighted by Gasteiger charge is -2.26. The Kier molecular flexibility index (Phi) is 6.43. The highest BCUT2D eigenvalue weighted by Crippen LogP contribution is 2.12. The van der Waals surface area contributed by atoms with Crippen LogP contribution in [0, 0.1) is 0 Å². The van der Waals surface area contributed by atoms with E-state index in [2.05, 4.69) is 20.5 Å². The van der Waals surface area contributed by atoms with Crippen molar-refractivity contribution >= 4 is 11.6 Å². The summed E-state index contributed by atoms with van der Waals surface area (Å²) >= 11 is 0. The van der Waals surface area contributed by atoms with Crippen molar-refractivity contribution in [1.82, 2.24) is 15.2 Å². The molecule has 0 aliphatic carbocycles. The Balaban J connectivity index is 1.74. The molecule has 1 aliphatic rings. The largest absolute Gasteiger partial charge is 0.383 e. The maximum absolute atomic E-state index is 12.2. The Morgan fingerprint density at radius 1 is 1.43 bits per heavy atom. The van der Waals surface area contributed by atoms with Gasteiger partial charge in [0.25, 0.3) is 5.91 Å². The Hall–Kier alpha value is -1.66. The quantitative estimate of drug-likeness (QED) is 0.733. The molecule has 0 bridgehead atoms. The smallest absolute Gasteiger partial charge is 0.253 e. The fraction of sp³-hybridized carbons (Fsp3) is 0.600. The molecule has 1 aromatic rings. The first kappa shape index (κ1) is 15.7. The molecule has 6 heteroatoms. The lowest BCUT2D eigenvalue weighted by Crippen LogP contribution is -2.38. The minimum atomic E-state index is -0.0460. The Bertz CT molecular complexity index is 447. The molecular formula is C15H24N4O2. The van der Waals surface area contributed by atoms with Gasteiger partial charge < -0.3 is 15.4 Å². The maximum Gasteiger partial charge on any atom is 0.253 e. The predicted octanol–water partition coefficient (Wildman–Crippen LogP) is 0.965. The van der Waals surface area contributed by atoms with Crippen LogP contribution in [0.5, 0.6) is 0 Å². The number of carbonyl (C=O) groups excluding carboxylic acids is 1. The molecule has 1 aromatic heterocycles. The monoisotopic (exact) mass is 292 g/mol. The molecule has 2 rings (SSSR count). The number of carbonyl (C=O) groups is 1. The molecule has 2 heterocycles. The van der Waals surface area contributed by atoms with Gasteiger partial charge in [-0.15, -0.1) is 0 Å². The van der Waals surface area contributed by atoms with E-state index in [4.69, 9.17) is 4.74 Å². The van der Waals surface area contributed by atoms with Crippen molar-refractivity contribution in [3.63, 3.8) is 0 Å². The molecule has 1 aliphatic heterocycles. The summed E-state index contributed by atoms with van der Waals surface area (Å²) in [5.74, 6) is -0.0460. The van der Waals surface area contributed by atoms with Crippen LogP contribution in [-0.2, 0) is 4.74 Å². The zero-order valence-corrected chi connectivity index (χ0v) is 12.6. The van der Waals surface area contributed by atoms with Crippen molar-refractivity contribution in [2.45, 2.75) is 13.3 Å². The summed E-state index contributed by atoms with van der Waals surface area (Å²) < 4.78 is 5.31. The van der Waals surface area contributed by atoms with Gasteiger partial charge in [-0.05, 0) is 26.0 Å². The van der Waals surface area contributed by atoms with E-state index in [1.165, 1.54) is 0 Å². The molecule has 6 nitrogen and oxygen atoms in total. The first-order chi connectivity index (χ1) is 10.3. The number of anilines is 1. The number of ether oxygens (including phenoxy) is 1. The Morgan fingerprint density at radius 2 is 2.24 bits per heavy atom. The van der Waals surface area contributed by atoms with E-state index in [0.717, 1.165) is 51.5 Å². The molecule has 1 saturated heterocycles. The van der Waals surface area contributed by atoms with Gasteiger partial charge >= 0.3 is 0 Å². The van der Waals surface area contributed by atoms with Gasteiger partial charge in [0.2, 0.25) is 0 Å². The normalized spacial score (nSPS) is 15.7. The van der Waals surface area contributed by atoms with E-state index in [-0.39, 0.29) is 5.91 Å². The van der Waals surface area contributed by atoms with Crippen LogP contribution in [0.15, 0.2) is 18.5 Å². The van der Waals surface area contributed by atoms with Crippen LogP contribution in [0.1, 0.15) is 23.7 Å². The van der Waals surface area contributed by atoms with E-state index >= 15 is 0 Å². The second-order valence-electron chi connectivity index (χ2n) is 5.02. The molecule has 2 N–H and O–H groups in total. The lowest BCUT2D eigenvalue weighted by molar-refractivity contribution is 0.0374. The summed E-state index contributed by atoms with van der Waals surface area (Å²) in [5, 5.41) is 6.13. The number of nitrogens with zero attached hydrogens (tertiary/aromatic N) is 2. The van der Waals surface area contributed by atoms with Crippen molar-refractivity contribution in [3.05, 3.63) is 24.0 Å². The average molecular weight is 292 g/mol. The molecule has 0 unspecified atom stereocenters. The number of pyridine rings is 1. The fourth-order valence-corrected chi connectivity index (χ4v) is 2.35. The molecule has 0 radical (unpaired) electrons. The van der Waals surface area contributed by atoms with Crippen LogP contribution in [-0.4, -0.2) is 61.7 Å². The molecular weight excluding hydrogens is 268 g/mol. The van der Waals surface area contributed by atoms with Gasteiger partial charge in [0.15, 0.2) is 0 Å². The lowest BCUT2D eigenvalue weighted by atomic mass is 10.2. The molecule has 0 atom stereocenters. The van der Waals surface area contributed by atoms with Gasteiger partial charge in [0.1, 0.15) is 0 Å². The maximum atomic E-state index is 12.2. The van der Waals surface area contributed by atoms with E-state index in [0.29, 0.717) is 12.1 Å². The van der Waals surface area contributed by atoms with Crippen LogP contribution in [0.4, 0.5) is 5.69 Å². The molecule has 21 heavy (non-hydrogen) atoms. The second kappa shape index (κ2) is 8.59. The first-order valence-electron chi connectivity index (χ1n) is 7.57. The molecule has 0 saturated carbocycles. The van der Waals surface area contributed by atoms with Gasteiger partial charge in [-0.1, -0.05) is 0 Å². The van der Waals surface area contributed by atoms with Crippen LogP contribution >= 0.6 is 0 Å².